The molecule has 0 aliphatic heterocycles. The third-order valence-electron chi connectivity index (χ3n) is 4.85. The van der Waals surface area contributed by atoms with E-state index in [0.717, 1.165) is 17.2 Å². The molecule has 2 heterocycles. The molecule has 2 aromatic heterocycles. The molecule has 0 unspecified atom stereocenters. The van der Waals surface area contributed by atoms with Gasteiger partial charge in [0, 0.05) is 29.9 Å². The molecule has 2 N–H and O–H groups in total. The van der Waals surface area contributed by atoms with Crippen molar-refractivity contribution >= 4 is 17.3 Å². The largest absolute Gasteiger partial charge is 0.504 e. The van der Waals surface area contributed by atoms with E-state index in [1.807, 2.05) is 37.3 Å². The number of aliphatic hydroxyl groups is 1. The quantitative estimate of drug-likeness (QED) is 0.272. The normalized spacial score (nSPS) is 11.5. The van der Waals surface area contributed by atoms with Gasteiger partial charge in [-0.05, 0) is 18.6 Å². The van der Waals surface area contributed by atoms with Gasteiger partial charge in [0.2, 0.25) is 5.78 Å². The van der Waals surface area contributed by atoms with Crippen LogP contribution >= 0.6 is 0 Å². The zero-order chi connectivity index (χ0) is 21.8. The van der Waals surface area contributed by atoms with Crippen LogP contribution in [0.1, 0.15) is 43.4 Å². The number of allylic oxidation sites excluding steroid dienone is 1. The van der Waals surface area contributed by atoms with Crippen LogP contribution in [-0.2, 0) is 6.54 Å². The van der Waals surface area contributed by atoms with E-state index in [-0.39, 0.29) is 23.1 Å². The van der Waals surface area contributed by atoms with Crippen molar-refractivity contribution in [2.24, 2.45) is 0 Å². The first-order valence-corrected chi connectivity index (χ1v) is 9.67. The van der Waals surface area contributed by atoms with E-state index in [1.54, 1.807) is 41.1 Å². The second-order valence-corrected chi connectivity index (χ2v) is 7.15. The lowest BCUT2D eigenvalue weighted by Gasteiger charge is -2.08. The number of aliphatic hydroxyl groups excluding tert-OH is 1. The highest BCUT2D eigenvalue weighted by Gasteiger charge is 2.19. The number of aryl methyl sites for hydroxylation is 1. The Morgan fingerprint density at radius 2 is 1.81 bits per heavy atom. The molecule has 0 bridgehead atoms. The standard InChI is InChI=1S/C24H20N4O3/c1-16-7-9-17(10-8-16)13-28-14-19(23(31)18-5-3-2-4-6-18)11-20(28)21(29)12-22(30)24-25-15-26-27-24/h2-12,14-15,30H,13H2,1H3,(H,25,26,27). The summed E-state index contributed by atoms with van der Waals surface area (Å²) < 4.78 is 1.72. The van der Waals surface area contributed by atoms with E-state index in [4.69, 9.17) is 0 Å². The number of aromatic nitrogens is 4. The lowest BCUT2D eigenvalue weighted by molar-refractivity contribution is 0.103. The Balaban J connectivity index is 1.71. The van der Waals surface area contributed by atoms with Crippen molar-refractivity contribution < 1.29 is 14.7 Å². The van der Waals surface area contributed by atoms with Crippen molar-refractivity contribution in [3.05, 3.63) is 113 Å². The monoisotopic (exact) mass is 412 g/mol. The summed E-state index contributed by atoms with van der Waals surface area (Å²) >= 11 is 0. The Bertz CT molecular complexity index is 1240. The van der Waals surface area contributed by atoms with Gasteiger partial charge < -0.3 is 9.67 Å². The fourth-order valence-electron chi connectivity index (χ4n) is 3.21. The number of aromatic amines is 1. The smallest absolute Gasteiger partial charge is 0.206 e. The molecule has 0 amide bonds. The Morgan fingerprint density at radius 1 is 1.06 bits per heavy atom. The van der Waals surface area contributed by atoms with Crippen LogP contribution in [0.4, 0.5) is 0 Å². The highest BCUT2D eigenvalue weighted by atomic mass is 16.3. The molecule has 0 saturated carbocycles. The van der Waals surface area contributed by atoms with Crippen molar-refractivity contribution in [3.63, 3.8) is 0 Å². The minimum Gasteiger partial charge on any atom is -0.504 e. The van der Waals surface area contributed by atoms with Crippen LogP contribution in [0, 0.1) is 6.92 Å². The van der Waals surface area contributed by atoms with Crippen LogP contribution in [0.3, 0.4) is 0 Å². The molecule has 0 spiro atoms. The Morgan fingerprint density at radius 3 is 2.48 bits per heavy atom. The fourth-order valence-corrected chi connectivity index (χ4v) is 3.21. The van der Waals surface area contributed by atoms with Crippen LogP contribution in [0.25, 0.3) is 5.76 Å². The first-order chi connectivity index (χ1) is 15.0. The van der Waals surface area contributed by atoms with E-state index < -0.39 is 5.78 Å². The van der Waals surface area contributed by atoms with Crippen LogP contribution in [-0.4, -0.2) is 36.4 Å². The molecule has 0 saturated heterocycles. The molecular formula is C24H20N4O3. The number of hydrogen-bond donors (Lipinski definition) is 2. The summed E-state index contributed by atoms with van der Waals surface area (Å²) in [5, 5.41) is 16.3. The molecule has 31 heavy (non-hydrogen) atoms. The van der Waals surface area contributed by atoms with E-state index in [0.29, 0.717) is 17.7 Å². The molecule has 0 radical (unpaired) electrons. The summed E-state index contributed by atoms with van der Waals surface area (Å²) in [5.74, 6) is -0.874. The summed E-state index contributed by atoms with van der Waals surface area (Å²) in [7, 11) is 0. The van der Waals surface area contributed by atoms with Crippen molar-refractivity contribution in [2.75, 3.05) is 0 Å². The van der Waals surface area contributed by atoms with Gasteiger partial charge in [-0.25, -0.2) is 4.98 Å². The molecule has 4 rings (SSSR count). The number of hydrogen-bond acceptors (Lipinski definition) is 5. The van der Waals surface area contributed by atoms with Crippen molar-refractivity contribution in [1.29, 1.82) is 0 Å². The maximum absolute atomic E-state index is 13.0. The number of carbonyl (C=O) groups excluding carboxylic acids is 2. The van der Waals surface area contributed by atoms with Gasteiger partial charge in [-0.15, -0.1) is 0 Å². The van der Waals surface area contributed by atoms with Gasteiger partial charge in [0.05, 0.1) is 5.69 Å². The molecule has 0 atom stereocenters. The van der Waals surface area contributed by atoms with Gasteiger partial charge in [0.15, 0.2) is 17.4 Å². The molecule has 0 aliphatic rings. The average molecular weight is 412 g/mol. The summed E-state index contributed by atoms with van der Waals surface area (Å²) in [4.78, 5) is 29.7. The van der Waals surface area contributed by atoms with E-state index in [9.17, 15) is 14.7 Å². The number of H-pyrrole nitrogens is 1. The fraction of sp³-hybridized carbons (Fsp3) is 0.0833. The second kappa shape index (κ2) is 8.62. The van der Waals surface area contributed by atoms with Gasteiger partial charge >= 0.3 is 0 Å². The molecule has 7 nitrogen and oxygen atoms in total. The zero-order valence-electron chi connectivity index (χ0n) is 16.8. The predicted octanol–water partition coefficient (Wildman–Crippen LogP) is 3.98. The summed E-state index contributed by atoms with van der Waals surface area (Å²) in [6.45, 7) is 2.41. The number of nitrogens with zero attached hydrogens (tertiary/aromatic N) is 3. The predicted molar refractivity (Wildman–Crippen MR) is 116 cm³/mol. The van der Waals surface area contributed by atoms with Crippen LogP contribution < -0.4 is 0 Å². The topological polar surface area (TPSA) is 101 Å². The Hall–Kier alpha value is -4.26. The number of rotatable bonds is 7. The van der Waals surface area contributed by atoms with Crippen LogP contribution in [0.15, 0.2) is 79.3 Å². The lowest BCUT2D eigenvalue weighted by atomic mass is 10.1. The molecule has 4 aromatic rings. The van der Waals surface area contributed by atoms with E-state index in [1.165, 1.54) is 6.33 Å². The highest BCUT2D eigenvalue weighted by Crippen LogP contribution is 2.18. The molecule has 0 fully saturated rings. The van der Waals surface area contributed by atoms with Gasteiger partial charge in [-0.3, -0.25) is 14.7 Å². The third kappa shape index (κ3) is 4.51. The summed E-state index contributed by atoms with van der Waals surface area (Å²) in [5.41, 5.74) is 3.33. The maximum Gasteiger partial charge on any atom is 0.206 e. The number of carbonyl (C=O) groups is 2. The van der Waals surface area contributed by atoms with Crippen molar-refractivity contribution in [3.8, 4) is 0 Å². The summed E-state index contributed by atoms with van der Waals surface area (Å²) in [6.07, 6.45) is 3.97. The Labute approximate surface area is 178 Å². The van der Waals surface area contributed by atoms with E-state index >= 15 is 0 Å². The van der Waals surface area contributed by atoms with Gasteiger partial charge in [-0.2, -0.15) is 5.10 Å². The first kappa shape index (κ1) is 20.0. The van der Waals surface area contributed by atoms with Crippen molar-refractivity contribution in [1.82, 2.24) is 19.7 Å². The molecule has 0 aliphatic carbocycles. The summed E-state index contributed by atoms with van der Waals surface area (Å²) in [6, 6.07) is 18.4. The minimum absolute atomic E-state index is 0.0885. The van der Waals surface area contributed by atoms with Crippen LogP contribution in [0.5, 0.6) is 0 Å². The van der Waals surface area contributed by atoms with E-state index in [2.05, 4.69) is 15.2 Å². The third-order valence-corrected chi connectivity index (χ3v) is 4.85. The SMILES string of the molecule is Cc1ccc(Cn2cc(C(=O)c3ccccc3)cc2C(=O)C=C(O)c2ncn[nH]2)cc1. The number of nitrogens with one attached hydrogen (secondary N) is 1. The molecule has 7 heteroatoms. The highest BCUT2D eigenvalue weighted by molar-refractivity contribution is 6.12. The lowest BCUT2D eigenvalue weighted by Crippen LogP contribution is -2.08. The molecule has 154 valence electrons. The minimum atomic E-state index is -0.451. The van der Waals surface area contributed by atoms with Gasteiger partial charge in [0.1, 0.15) is 6.33 Å². The molecule has 2 aromatic carbocycles. The Kier molecular flexibility index (Phi) is 5.57. The zero-order valence-corrected chi connectivity index (χ0v) is 16.8. The van der Waals surface area contributed by atoms with Crippen molar-refractivity contribution in [2.45, 2.75) is 13.5 Å². The average Bonchev–Trinajstić information content (AvgIpc) is 3.46. The number of benzene rings is 2. The molecular weight excluding hydrogens is 392 g/mol. The first-order valence-electron chi connectivity index (χ1n) is 9.67. The number of ketones is 2. The van der Waals surface area contributed by atoms with Gasteiger partial charge in [-0.1, -0.05) is 60.2 Å². The van der Waals surface area contributed by atoms with Crippen LogP contribution in [0.2, 0.25) is 0 Å². The second-order valence-electron chi connectivity index (χ2n) is 7.15. The van der Waals surface area contributed by atoms with Gasteiger partial charge in [0.25, 0.3) is 0 Å². The maximum atomic E-state index is 13.0.